The summed E-state index contributed by atoms with van der Waals surface area (Å²) in [5, 5.41) is 10.7. The van der Waals surface area contributed by atoms with Gasteiger partial charge in [0.05, 0.1) is 6.04 Å². The van der Waals surface area contributed by atoms with Crippen molar-refractivity contribution in [2.24, 2.45) is 0 Å². The molecule has 142 valence electrons. The highest BCUT2D eigenvalue weighted by molar-refractivity contribution is 5.95. The van der Waals surface area contributed by atoms with Crippen LogP contribution in [0.4, 0.5) is 0 Å². The molecule has 2 N–H and O–H groups in total. The van der Waals surface area contributed by atoms with Gasteiger partial charge in [0.2, 0.25) is 0 Å². The largest absolute Gasteiger partial charge is 0.329 e. The Morgan fingerprint density at radius 3 is 2.75 bits per heavy atom. The summed E-state index contributed by atoms with van der Waals surface area (Å²) < 4.78 is 0. The summed E-state index contributed by atoms with van der Waals surface area (Å²) >= 11 is 0. The molecule has 0 spiro atoms. The lowest BCUT2D eigenvalue weighted by Crippen LogP contribution is -2.48. The van der Waals surface area contributed by atoms with Crippen LogP contribution in [0.1, 0.15) is 46.5 Å². The minimum absolute atomic E-state index is 0.0104. The van der Waals surface area contributed by atoms with Crippen molar-refractivity contribution in [3.63, 3.8) is 0 Å². The summed E-state index contributed by atoms with van der Waals surface area (Å²) in [5.74, 6) is 2.24. The van der Waals surface area contributed by atoms with E-state index in [-0.39, 0.29) is 11.9 Å². The van der Waals surface area contributed by atoms with Gasteiger partial charge < -0.3 is 10.2 Å². The van der Waals surface area contributed by atoms with Crippen LogP contribution in [0, 0.1) is 0 Å². The molecule has 1 atom stereocenters. The van der Waals surface area contributed by atoms with Crippen molar-refractivity contribution < 1.29 is 4.79 Å². The molecule has 1 saturated heterocycles. The number of piperazine rings is 1. The third-order valence-corrected chi connectivity index (χ3v) is 5.43. The van der Waals surface area contributed by atoms with Crippen molar-refractivity contribution in [1.82, 2.24) is 30.4 Å². The Labute approximate surface area is 163 Å². The maximum atomic E-state index is 13.2. The number of rotatable bonds is 4. The van der Waals surface area contributed by atoms with E-state index in [1.165, 1.54) is 12.8 Å². The van der Waals surface area contributed by atoms with Gasteiger partial charge in [0.1, 0.15) is 5.82 Å². The van der Waals surface area contributed by atoms with Crippen molar-refractivity contribution in [3.8, 4) is 11.4 Å². The first-order chi connectivity index (χ1) is 13.8. The zero-order valence-corrected chi connectivity index (χ0v) is 15.5. The van der Waals surface area contributed by atoms with Gasteiger partial charge in [-0.3, -0.25) is 14.9 Å². The average Bonchev–Trinajstić information content (AvgIpc) is 3.50. The molecule has 7 nitrogen and oxygen atoms in total. The number of benzene rings is 1. The first-order valence-corrected chi connectivity index (χ1v) is 9.74. The van der Waals surface area contributed by atoms with Gasteiger partial charge in [-0.2, -0.15) is 5.10 Å². The lowest BCUT2D eigenvalue weighted by atomic mass is 10.0. The highest BCUT2D eigenvalue weighted by Crippen LogP contribution is 2.38. The molecule has 0 bridgehead atoms. The summed E-state index contributed by atoms with van der Waals surface area (Å²) in [5.41, 5.74) is 2.65. The Morgan fingerprint density at radius 1 is 1.14 bits per heavy atom. The fraction of sp³-hybridized carbons (Fsp3) is 0.333. The van der Waals surface area contributed by atoms with E-state index in [4.69, 9.17) is 0 Å². The number of amides is 1. The molecule has 1 saturated carbocycles. The maximum absolute atomic E-state index is 13.2. The van der Waals surface area contributed by atoms with Crippen LogP contribution >= 0.6 is 0 Å². The zero-order chi connectivity index (χ0) is 18.9. The lowest BCUT2D eigenvalue weighted by molar-refractivity contribution is 0.0634. The number of carbonyl (C=O) groups excluding carboxylic acids is 1. The quantitative estimate of drug-likeness (QED) is 0.733. The number of aromatic nitrogens is 4. The van der Waals surface area contributed by atoms with E-state index in [1.54, 1.807) is 6.20 Å². The van der Waals surface area contributed by atoms with Gasteiger partial charge in [0, 0.05) is 49.1 Å². The molecular weight excluding hydrogens is 352 g/mol. The van der Waals surface area contributed by atoms with Gasteiger partial charge in [0.15, 0.2) is 5.82 Å². The fourth-order valence-corrected chi connectivity index (χ4v) is 3.69. The van der Waals surface area contributed by atoms with Crippen LogP contribution < -0.4 is 5.32 Å². The van der Waals surface area contributed by atoms with E-state index in [2.05, 4.69) is 25.5 Å². The van der Waals surface area contributed by atoms with E-state index in [0.717, 1.165) is 30.0 Å². The highest BCUT2D eigenvalue weighted by Gasteiger charge is 2.29. The van der Waals surface area contributed by atoms with Crippen LogP contribution in [-0.2, 0) is 0 Å². The molecule has 2 fully saturated rings. The summed E-state index contributed by atoms with van der Waals surface area (Å²) in [4.78, 5) is 23.9. The predicted molar refractivity (Wildman–Crippen MR) is 105 cm³/mol. The topological polar surface area (TPSA) is 86.8 Å². The molecule has 28 heavy (non-hydrogen) atoms. The van der Waals surface area contributed by atoms with E-state index >= 15 is 0 Å². The number of hydrogen-bond acceptors (Lipinski definition) is 5. The second-order valence-electron chi connectivity index (χ2n) is 7.40. The third-order valence-electron chi connectivity index (χ3n) is 5.43. The Bertz CT molecular complexity index is 964. The maximum Gasteiger partial charge on any atom is 0.254 e. The Morgan fingerprint density at radius 2 is 2.00 bits per heavy atom. The first kappa shape index (κ1) is 17.1. The highest BCUT2D eigenvalue weighted by atomic mass is 16.2. The van der Waals surface area contributed by atoms with E-state index in [9.17, 15) is 4.79 Å². The van der Waals surface area contributed by atoms with Crippen LogP contribution in [0.3, 0.4) is 0 Å². The van der Waals surface area contributed by atoms with Gasteiger partial charge >= 0.3 is 0 Å². The van der Waals surface area contributed by atoms with Crippen LogP contribution in [0.2, 0.25) is 0 Å². The van der Waals surface area contributed by atoms with Crippen LogP contribution in [0.25, 0.3) is 11.4 Å². The molecule has 3 aromatic rings. The SMILES string of the molecule is O=C(c1ccc(-c2n[nH]c(C3CC3)n2)cc1)N1CCNCC1c1cccnc1. The lowest BCUT2D eigenvalue weighted by Gasteiger charge is -2.36. The van der Waals surface area contributed by atoms with Crippen molar-refractivity contribution in [3.05, 3.63) is 65.7 Å². The molecular formula is C21H22N6O. The second kappa shape index (κ2) is 7.16. The second-order valence-corrected chi connectivity index (χ2v) is 7.40. The number of pyridine rings is 1. The monoisotopic (exact) mass is 374 g/mol. The number of nitrogens with zero attached hydrogens (tertiary/aromatic N) is 4. The molecule has 2 aliphatic rings. The molecule has 1 unspecified atom stereocenters. The minimum atomic E-state index is -0.0104. The molecule has 1 amide bonds. The summed E-state index contributed by atoms with van der Waals surface area (Å²) in [6.07, 6.45) is 5.96. The fourth-order valence-electron chi connectivity index (χ4n) is 3.69. The summed E-state index contributed by atoms with van der Waals surface area (Å²) in [7, 11) is 0. The summed E-state index contributed by atoms with van der Waals surface area (Å²) in [6, 6.07) is 11.5. The number of nitrogens with one attached hydrogen (secondary N) is 2. The van der Waals surface area contributed by atoms with E-state index in [0.29, 0.717) is 23.9 Å². The van der Waals surface area contributed by atoms with Gasteiger partial charge in [0.25, 0.3) is 5.91 Å². The molecule has 5 rings (SSSR count). The van der Waals surface area contributed by atoms with Gasteiger partial charge in [-0.1, -0.05) is 18.2 Å². The molecule has 3 heterocycles. The average molecular weight is 374 g/mol. The Kier molecular flexibility index (Phi) is 4.37. The Hall–Kier alpha value is -3.06. The molecule has 1 aromatic carbocycles. The number of carbonyl (C=O) groups is 1. The van der Waals surface area contributed by atoms with Crippen LogP contribution in [-0.4, -0.2) is 50.6 Å². The van der Waals surface area contributed by atoms with Crippen molar-refractivity contribution >= 4 is 5.91 Å². The predicted octanol–water partition coefficient (Wildman–Crippen LogP) is 2.53. The molecule has 1 aliphatic carbocycles. The number of hydrogen-bond donors (Lipinski definition) is 2. The molecule has 7 heteroatoms. The van der Waals surface area contributed by atoms with Crippen molar-refractivity contribution in [2.75, 3.05) is 19.6 Å². The molecule has 0 radical (unpaired) electrons. The minimum Gasteiger partial charge on any atom is -0.329 e. The van der Waals surface area contributed by atoms with Gasteiger partial charge in [-0.15, -0.1) is 0 Å². The normalized spacial score (nSPS) is 19.6. The number of H-pyrrole nitrogens is 1. The van der Waals surface area contributed by atoms with Crippen molar-refractivity contribution in [2.45, 2.75) is 24.8 Å². The van der Waals surface area contributed by atoms with Gasteiger partial charge in [-0.05, 0) is 36.6 Å². The van der Waals surface area contributed by atoms with Gasteiger partial charge in [-0.25, -0.2) is 4.98 Å². The summed E-state index contributed by atoms with van der Waals surface area (Å²) in [6.45, 7) is 2.20. The van der Waals surface area contributed by atoms with E-state index in [1.807, 2.05) is 47.5 Å². The molecule has 2 aromatic heterocycles. The first-order valence-electron chi connectivity index (χ1n) is 9.74. The number of aromatic amines is 1. The smallest absolute Gasteiger partial charge is 0.254 e. The van der Waals surface area contributed by atoms with E-state index < -0.39 is 0 Å². The Balaban J connectivity index is 1.36. The third kappa shape index (κ3) is 3.29. The molecule has 1 aliphatic heterocycles. The van der Waals surface area contributed by atoms with Crippen LogP contribution in [0.5, 0.6) is 0 Å². The van der Waals surface area contributed by atoms with Crippen molar-refractivity contribution in [1.29, 1.82) is 0 Å². The standard InChI is InChI=1S/C21H22N6O/c28-21(27-11-10-23-13-18(27)17-2-1-9-22-12-17)16-7-5-15(6-8-16)20-24-19(25-26-20)14-3-4-14/h1-2,5-9,12,14,18,23H,3-4,10-11,13H2,(H,24,25,26). The van der Waals surface area contributed by atoms with Crippen LogP contribution in [0.15, 0.2) is 48.8 Å². The zero-order valence-electron chi connectivity index (χ0n) is 15.5.